The number of halogens is 1. The van der Waals surface area contributed by atoms with Crippen LogP contribution in [0.3, 0.4) is 0 Å². The Hall–Kier alpha value is -0.430. The lowest BCUT2D eigenvalue weighted by molar-refractivity contribution is -0.168. The predicted octanol–water partition coefficient (Wildman–Crippen LogP) is 1.88. The van der Waals surface area contributed by atoms with E-state index in [0.29, 0.717) is 5.69 Å². The van der Waals surface area contributed by atoms with Gasteiger partial charge in [0.25, 0.3) is 0 Å². The van der Waals surface area contributed by atoms with E-state index < -0.39 is 12.4 Å². The molecule has 1 atom stereocenters. The molecular weight excluding hydrogens is 276 g/mol. The molecule has 5 nitrogen and oxygen atoms in total. The molecule has 1 unspecified atom stereocenters. The molecule has 0 saturated carbocycles. The molecule has 6 heteroatoms. The Balaban J connectivity index is 3.05. The van der Waals surface area contributed by atoms with Crippen LogP contribution in [0.1, 0.15) is 31.7 Å². The van der Waals surface area contributed by atoms with Gasteiger partial charge in [-0.3, -0.25) is 4.68 Å². The molecule has 92 valence electrons. The average molecular weight is 293 g/mol. The zero-order chi connectivity index (χ0) is 12.3. The number of hydrogen-bond acceptors (Lipinski definition) is 4. The van der Waals surface area contributed by atoms with Gasteiger partial charge in [-0.05, 0) is 29.8 Å². The monoisotopic (exact) mass is 292 g/mol. The molecule has 0 spiro atoms. The Kier molecular flexibility index (Phi) is 4.91. The number of aliphatic hydroxyl groups is 1. The first-order chi connectivity index (χ1) is 7.52. The minimum atomic E-state index is -0.880. The van der Waals surface area contributed by atoms with Gasteiger partial charge in [-0.15, -0.1) is 0 Å². The van der Waals surface area contributed by atoms with Gasteiger partial charge < -0.3 is 14.6 Å². The van der Waals surface area contributed by atoms with Crippen molar-refractivity contribution in [1.82, 2.24) is 9.78 Å². The van der Waals surface area contributed by atoms with Gasteiger partial charge in [0, 0.05) is 20.3 Å². The maximum absolute atomic E-state index is 10.1. The van der Waals surface area contributed by atoms with Gasteiger partial charge in [0.05, 0.1) is 16.4 Å². The van der Waals surface area contributed by atoms with Crippen LogP contribution in [0.4, 0.5) is 0 Å². The highest BCUT2D eigenvalue weighted by Gasteiger charge is 2.27. The Bertz CT molecular complexity index is 337. The van der Waals surface area contributed by atoms with E-state index in [9.17, 15) is 5.11 Å². The molecule has 16 heavy (non-hydrogen) atoms. The molecule has 1 aromatic rings. The molecule has 1 N–H and O–H groups in total. The van der Waals surface area contributed by atoms with Gasteiger partial charge in [-0.1, -0.05) is 0 Å². The van der Waals surface area contributed by atoms with Crippen molar-refractivity contribution in [3.05, 3.63) is 16.4 Å². The third kappa shape index (κ3) is 2.63. The Morgan fingerprint density at radius 3 is 2.38 bits per heavy atom. The molecule has 1 rings (SSSR count). The first-order valence-corrected chi connectivity index (χ1v) is 5.78. The van der Waals surface area contributed by atoms with E-state index in [1.807, 2.05) is 13.8 Å². The maximum Gasteiger partial charge on any atom is 0.188 e. The standard InChI is InChI=1S/C10H17BrN2O3/c1-6(2)13-8(7(11)5-12-13)9(14)10(15-3)16-4/h5-6,9-10,14H,1-4H3. The molecule has 0 fully saturated rings. The summed E-state index contributed by atoms with van der Waals surface area (Å²) < 4.78 is 12.6. The molecule has 0 aliphatic heterocycles. The molecule has 0 aliphatic carbocycles. The lowest BCUT2D eigenvalue weighted by Crippen LogP contribution is -2.26. The highest BCUT2D eigenvalue weighted by molar-refractivity contribution is 9.10. The van der Waals surface area contributed by atoms with Crippen LogP contribution in [0.25, 0.3) is 0 Å². The largest absolute Gasteiger partial charge is 0.381 e. The van der Waals surface area contributed by atoms with E-state index in [1.54, 1.807) is 10.9 Å². The topological polar surface area (TPSA) is 56.5 Å². The zero-order valence-electron chi connectivity index (χ0n) is 9.85. The first-order valence-electron chi connectivity index (χ1n) is 4.99. The van der Waals surface area contributed by atoms with Crippen LogP contribution in [0.15, 0.2) is 10.7 Å². The van der Waals surface area contributed by atoms with E-state index in [1.165, 1.54) is 14.2 Å². The Morgan fingerprint density at radius 1 is 1.38 bits per heavy atom. The molecular formula is C10H17BrN2O3. The van der Waals surface area contributed by atoms with Crippen LogP contribution >= 0.6 is 15.9 Å². The average Bonchev–Trinajstić information content (AvgIpc) is 2.61. The number of aromatic nitrogens is 2. The minimum absolute atomic E-state index is 0.158. The highest BCUT2D eigenvalue weighted by atomic mass is 79.9. The summed E-state index contributed by atoms with van der Waals surface area (Å²) in [6, 6.07) is 0.158. The number of rotatable bonds is 5. The molecule has 0 aliphatic rings. The van der Waals surface area contributed by atoms with Crippen LogP contribution in [0.5, 0.6) is 0 Å². The number of hydrogen-bond donors (Lipinski definition) is 1. The number of aliphatic hydroxyl groups excluding tert-OH is 1. The SMILES string of the molecule is COC(OC)C(O)c1c(Br)cnn1C(C)C. The van der Waals surface area contributed by atoms with E-state index in [-0.39, 0.29) is 6.04 Å². The highest BCUT2D eigenvalue weighted by Crippen LogP contribution is 2.28. The van der Waals surface area contributed by atoms with Crippen molar-refractivity contribution in [2.45, 2.75) is 32.3 Å². The van der Waals surface area contributed by atoms with Crippen LogP contribution in [-0.2, 0) is 9.47 Å². The molecule has 1 heterocycles. The summed E-state index contributed by atoms with van der Waals surface area (Å²) in [6.45, 7) is 3.98. The van der Waals surface area contributed by atoms with Crippen LogP contribution in [-0.4, -0.2) is 35.4 Å². The molecule has 0 amide bonds. The molecule has 0 aromatic carbocycles. The third-order valence-corrected chi connectivity index (χ3v) is 2.89. The molecule has 0 saturated heterocycles. The summed E-state index contributed by atoms with van der Waals surface area (Å²) in [5, 5.41) is 14.3. The second-order valence-electron chi connectivity index (χ2n) is 3.70. The van der Waals surface area contributed by atoms with Crippen molar-refractivity contribution in [2.24, 2.45) is 0 Å². The Labute approximate surface area is 103 Å². The summed E-state index contributed by atoms with van der Waals surface area (Å²) in [7, 11) is 2.97. The predicted molar refractivity (Wildman–Crippen MR) is 63.1 cm³/mol. The van der Waals surface area contributed by atoms with Crippen molar-refractivity contribution in [3.63, 3.8) is 0 Å². The fraction of sp³-hybridized carbons (Fsp3) is 0.700. The van der Waals surface area contributed by atoms with Gasteiger partial charge in [0.15, 0.2) is 6.29 Å². The first kappa shape index (κ1) is 13.6. The van der Waals surface area contributed by atoms with Gasteiger partial charge in [-0.2, -0.15) is 5.10 Å². The van der Waals surface area contributed by atoms with E-state index in [0.717, 1.165) is 4.47 Å². The van der Waals surface area contributed by atoms with Gasteiger partial charge in [0.2, 0.25) is 0 Å². The number of ether oxygens (including phenoxy) is 2. The lowest BCUT2D eigenvalue weighted by Gasteiger charge is -2.22. The summed E-state index contributed by atoms with van der Waals surface area (Å²) in [5.74, 6) is 0. The van der Waals surface area contributed by atoms with Gasteiger partial charge in [-0.25, -0.2) is 0 Å². The van der Waals surface area contributed by atoms with Crippen LogP contribution in [0.2, 0.25) is 0 Å². The van der Waals surface area contributed by atoms with Gasteiger partial charge in [0.1, 0.15) is 6.10 Å². The van der Waals surface area contributed by atoms with E-state index in [4.69, 9.17) is 9.47 Å². The quantitative estimate of drug-likeness (QED) is 0.842. The summed E-state index contributed by atoms with van der Waals surface area (Å²) in [5.41, 5.74) is 0.656. The van der Waals surface area contributed by atoms with Crippen molar-refractivity contribution >= 4 is 15.9 Å². The second kappa shape index (κ2) is 5.77. The molecule has 1 aromatic heterocycles. The van der Waals surface area contributed by atoms with Crippen LogP contribution < -0.4 is 0 Å². The van der Waals surface area contributed by atoms with Crippen molar-refractivity contribution in [3.8, 4) is 0 Å². The second-order valence-corrected chi connectivity index (χ2v) is 4.56. The summed E-state index contributed by atoms with van der Waals surface area (Å²) >= 11 is 3.36. The Morgan fingerprint density at radius 2 is 1.94 bits per heavy atom. The van der Waals surface area contributed by atoms with Gasteiger partial charge >= 0.3 is 0 Å². The fourth-order valence-electron chi connectivity index (χ4n) is 1.52. The lowest BCUT2D eigenvalue weighted by atomic mass is 10.2. The van der Waals surface area contributed by atoms with Crippen molar-refractivity contribution in [1.29, 1.82) is 0 Å². The molecule has 0 bridgehead atoms. The third-order valence-electron chi connectivity index (χ3n) is 2.28. The molecule has 0 radical (unpaired) electrons. The zero-order valence-corrected chi connectivity index (χ0v) is 11.4. The smallest absolute Gasteiger partial charge is 0.188 e. The van der Waals surface area contributed by atoms with E-state index in [2.05, 4.69) is 21.0 Å². The van der Waals surface area contributed by atoms with E-state index >= 15 is 0 Å². The minimum Gasteiger partial charge on any atom is -0.381 e. The number of nitrogens with zero attached hydrogens (tertiary/aromatic N) is 2. The van der Waals surface area contributed by atoms with Crippen molar-refractivity contribution in [2.75, 3.05) is 14.2 Å². The summed E-state index contributed by atoms with van der Waals surface area (Å²) in [6.07, 6.45) is 0.0702. The van der Waals surface area contributed by atoms with Crippen molar-refractivity contribution < 1.29 is 14.6 Å². The summed E-state index contributed by atoms with van der Waals surface area (Å²) in [4.78, 5) is 0. The normalized spacial score (nSPS) is 13.8. The maximum atomic E-state index is 10.1. The van der Waals surface area contributed by atoms with Crippen LogP contribution in [0, 0.1) is 0 Å². The fourth-order valence-corrected chi connectivity index (χ4v) is 2.03. The number of methoxy groups -OCH3 is 2.